The number of nitrogens with two attached hydrogens (primary N) is 1. The second-order valence-electron chi connectivity index (χ2n) is 4.96. The van der Waals surface area contributed by atoms with Gasteiger partial charge in [0.15, 0.2) is 5.78 Å². The van der Waals surface area contributed by atoms with Crippen LogP contribution < -0.4 is 10.5 Å². The molecular formula is C17H18N2O3S. The van der Waals surface area contributed by atoms with E-state index < -0.39 is 10.0 Å². The lowest BCUT2D eigenvalue weighted by atomic mass is 10.1. The smallest absolute Gasteiger partial charge is 0.238 e. The summed E-state index contributed by atoms with van der Waals surface area (Å²) in [6.45, 7) is 2.06. The Labute approximate surface area is 135 Å². The molecule has 0 heterocycles. The van der Waals surface area contributed by atoms with Crippen LogP contribution in [0.15, 0.2) is 65.7 Å². The van der Waals surface area contributed by atoms with Gasteiger partial charge in [0, 0.05) is 23.5 Å². The van der Waals surface area contributed by atoms with Crippen LogP contribution in [-0.2, 0) is 16.4 Å². The second kappa shape index (κ2) is 7.21. The van der Waals surface area contributed by atoms with Crippen LogP contribution in [0.25, 0.3) is 0 Å². The highest BCUT2D eigenvalue weighted by atomic mass is 32.2. The summed E-state index contributed by atoms with van der Waals surface area (Å²) in [4.78, 5) is 12.0. The largest absolute Gasteiger partial charge is 0.362 e. The van der Waals surface area contributed by atoms with Crippen molar-refractivity contribution in [3.8, 4) is 0 Å². The molecule has 23 heavy (non-hydrogen) atoms. The number of aryl methyl sites for hydroxylation is 1. The molecule has 0 spiro atoms. The number of primary sulfonamides is 1. The Kier molecular flexibility index (Phi) is 5.31. The zero-order valence-electron chi connectivity index (χ0n) is 12.7. The minimum atomic E-state index is -3.70. The summed E-state index contributed by atoms with van der Waals surface area (Å²) in [6, 6.07) is 13.4. The highest BCUT2D eigenvalue weighted by Crippen LogP contribution is 2.13. The predicted molar refractivity (Wildman–Crippen MR) is 90.7 cm³/mol. The van der Waals surface area contributed by atoms with Crippen LogP contribution in [0, 0.1) is 0 Å². The van der Waals surface area contributed by atoms with Gasteiger partial charge < -0.3 is 5.32 Å². The lowest BCUT2D eigenvalue weighted by molar-refractivity contribution is 0.104. The molecule has 0 radical (unpaired) electrons. The number of ketones is 1. The number of nitrogens with one attached hydrogen (secondary N) is 1. The molecule has 0 aromatic heterocycles. The molecule has 120 valence electrons. The molecule has 0 aliphatic rings. The topological polar surface area (TPSA) is 89.3 Å². The zero-order chi connectivity index (χ0) is 16.9. The normalized spacial score (nSPS) is 11.6. The van der Waals surface area contributed by atoms with Gasteiger partial charge in [-0.15, -0.1) is 0 Å². The maximum atomic E-state index is 12.0. The van der Waals surface area contributed by atoms with Gasteiger partial charge in [0.2, 0.25) is 10.0 Å². The Balaban J connectivity index is 1.99. The molecule has 2 aromatic rings. The first-order chi connectivity index (χ1) is 10.9. The third kappa shape index (κ3) is 4.77. The number of hydrogen-bond donors (Lipinski definition) is 2. The van der Waals surface area contributed by atoms with E-state index in [1.165, 1.54) is 30.0 Å². The van der Waals surface area contributed by atoms with Crippen LogP contribution in [-0.4, -0.2) is 14.2 Å². The number of carbonyl (C=O) groups excluding carboxylic acids is 1. The summed E-state index contributed by atoms with van der Waals surface area (Å²) in [5.74, 6) is -0.110. The van der Waals surface area contributed by atoms with E-state index in [2.05, 4.69) is 12.2 Å². The molecule has 6 heteroatoms. The van der Waals surface area contributed by atoms with Gasteiger partial charge in [0.25, 0.3) is 0 Å². The molecule has 2 aromatic carbocycles. The fourth-order valence-electron chi connectivity index (χ4n) is 1.96. The zero-order valence-corrected chi connectivity index (χ0v) is 13.5. The van der Waals surface area contributed by atoms with Crippen LogP contribution in [0.1, 0.15) is 22.8 Å². The van der Waals surface area contributed by atoms with Gasteiger partial charge in [-0.05, 0) is 36.2 Å². The Morgan fingerprint density at radius 2 is 1.70 bits per heavy atom. The van der Waals surface area contributed by atoms with Crippen LogP contribution in [0.5, 0.6) is 0 Å². The number of sulfonamides is 1. The highest BCUT2D eigenvalue weighted by Gasteiger charge is 2.06. The van der Waals surface area contributed by atoms with E-state index in [4.69, 9.17) is 5.14 Å². The maximum Gasteiger partial charge on any atom is 0.238 e. The van der Waals surface area contributed by atoms with Crippen molar-refractivity contribution in [1.82, 2.24) is 0 Å². The fourth-order valence-corrected chi connectivity index (χ4v) is 2.47. The molecule has 0 aliphatic carbocycles. The van der Waals surface area contributed by atoms with Crippen molar-refractivity contribution < 1.29 is 13.2 Å². The molecule has 0 saturated carbocycles. The molecule has 0 atom stereocenters. The summed E-state index contributed by atoms with van der Waals surface area (Å²) in [6.07, 6.45) is 3.87. The van der Waals surface area contributed by atoms with Gasteiger partial charge in [0.05, 0.1) is 4.90 Å². The van der Waals surface area contributed by atoms with Crippen molar-refractivity contribution in [2.24, 2.45) is 5.14 Å². The van der Waals surface area contributed by atoms with Crippen molar-refractivity contribution in [1.29, 1.82) is 0 Å². The van der Waals surface area contributed by atoms with Crippen molar-refractivity contribution in [3.05, 3.63) is 71.9 Å². The number of rotatable bonds is 6. The molecule has 5 nitrogen and oxygen atoms in total. The van der Waals surface area contributed by atoms with E-state index in [-0.39, 0.29) is 10.7 Å². The van der Waals surface area contributed by atoms with E-state index in [9.17, 15) is 13.2 Å². The van der Waals surface area contributed by atoms with Crippen molar-refractivity contribution in [2.75, 3.05) is 5.32 Å². The number of carbonyl (C=O) groups is 1. The Morgan fingerprint density at radius 1 is 1.09 bits per heavy atom. The Morgan fingerprint density at radius 3 is 2.22 bits per heavy atom. The van der Waals surface area contributed by atoms with Gasteiger partial charge in [-0.2, -0.15) is 0 Å². The molecule has 3 N–H and O–H groups in total. The number of benzene rings is 2. The number of allylic oxidation sites excluding steroid dienone is 1. The average molecular weight is 330 g/mol. The van der Waals surface area contributed by atoms with E-state index in [0.29, 0.717) is 11.3 Å². The SMILES string of the molecule is CCc1ccc(C(=O)C=CNc2ccc(S(N)(=O)=O)cc2)cc1. The molecular weight excluding hydrogens is 312 g/mol. The first kappa shape index (κ1) is 16.9. The van der Waals surface area contributed by atoms with E-state index in [1.54, 1.807) is 24.3 Å². The van der Waals surface area contributed by atoms with E-state index in [1.807, 2.05) is 12.1 Å². The third-order valence-electron chi connectivity index (χ3n) is 3.31. The summed E-state index contributed by atoms with van der Waals surface area (Å²) in [7, 11) is -3.70. The van der Waals surface area contributed by atoms with E-state index in [0.717, 1.165) is 6.42 Å². The molecule has 0 saturated heterocycles. The fraction of sp³-hybridized carbons (Fsp3) is 0.118. The second-order valence-corrected chi connectivity index (χ2v) is 6.52. The summed E-state index contributed by atoms with van der Waals surface area (Å²) < 4.78 is 22.3. The summed E-state index contributed by atoms with van der Waals surface area (Å²) in [5.41, 5.74) is 2.45. The summed E-state index contributed by atoms with van der Waals surface area (Å²) in [5, 5.41) is 7.93. The standard InChI is InChI=1S/C17H18N2O3S/c1-2-13-3-5-14(6-4-13)17(20)11-12-19-15-7-9-16(10-8-15)23(18,21)22/h3-12,19H,2H2,1H3,(H2,18,21,22). The highest BCUT2D eigenvalue weighted by molar-refractivity contribution is 7.89. The maximum absolute atomic E-state index is 12.0. The lowest BCUT2D eigenvalue weighted by Crippen LogP contribution is -2.11. The van der Waals surface area contributed by atoms with Crippen molar-refractivity contribution in [3.63, 3.8) is 0 Å². The van der Waals surface area contributed by atoms with Crippen LogP contribution in [0.4, 0.5) is 5.69 Å². The molecule has 0 fully saturated rings. The van der Waals surface area contributed by atoms with Gasteiger partial charge in [0.1, 0.15) is 0 Å². The van der Waals surface area contributed by atoms with Crippen LogP contribution in [0.3, 0.4) is 0 Å². The minimum absolute atomic E-state index is 0.0409. The first-order valence-electron chi connectivity index (χ1n) is 7.09. The monoisotopic (exact) mass is 330 g/mol. The Bertz CT molecular complexity index is 808. The lowest BCUT2D eigenvalue weighted by Gasteiger charge is -2.02. The number of anilines is 1. The van der Waals surface area contributed by atoms with Crippen molar-refractivity contribution >= 4 is 21.5 Å². The predicted octanol–water partition coefficient (Wildman–Crippen LogP) is 2.70. The quantitative estimate of drug-likeness (QED) is 0.629. The van der Waals surface area contributed by atoms with E-state index >= 15 is 0 Å². The molecule has 0 amide bonds. The number of hydrogen-bond acceptors (Lipinski definition) is 4. The third-order valence-corrected chi connectivity index (χ3v) is 4.24. The first-order valence-corrected chi connectivity index (χ1v) is 8.64. The van der Waals surface area contributed by atoms with Crippen molar-refractivity contribution in [2.45, 2.75) is 18.2 Å². The van der Waals surface area contributed by atoms with Gasteiger partial charge in [-0.3, -0.25) is 4.79 Å². The minimum Gasteiger partial charge on any atom is -0.362 e. The average Bonchev–Trinajstić information content (AvgIpc) is 2.54. The summed E-state index contributed by atoms with van der Waals surface area (Å²) >= 11 is 0. The van der Waals surface area contributed by atoms with Crippen LogP contribution in [0.2, 0.25) is 0 Å². The molecule has 0 bridgehead atoms. The van der Waals surface area contributed by atoms with Gasteiger partial charge >= 0.3 is 0 Å². The van der Waals surface area contributed by atoms with Gasteiger partial charge in [-0.25, -0.2) is 13.6 Å². The molecule has 0 unspecified atom stereocenters. The molecule has 0 aliphatic heterocycles. The van der Waals surface area contributed by atoms with Crippen LogP contribution >= 0.6 is 0 Å². The Hall–Kier alpha value is -2.44. The molecule has 2 rings (SSSR count). The van der Waals surface area contributed by atoms with Gasteiger partial charge in [-0.1, -0.05) is 31.2 Å².